The van der Waals surface area contributed by atoms with E-state index in [0.717, 1.165) is 24.5 Å². The third-order valence-electron chi connectivity index (χ3n) is 6.10. The van der Waals surface area contributed by atoms with Crippen LogP contribution in [0, 0.1) is 18.8 Å². The molecule has 4 aromatic rings. The number of hydrogen-bond donors (Lipinski definition) is 0. The highest BCUT2D eigenvalue weighted by Gasteiger charge is 2.58. The molecule has 1 aliphatic carbocycles. The quantitative estimate of drug-likeness (QED) is 0.522. The second kappa shape index (κ2) is 6.00. The predicted molar refractivity (Wildman–Crippen MR) is 104 cm³/mol. The molecule has 0 spiro atoms. The summed E-state index contributed by atoms with van der Waals surface area (Å²) in [4.78, 5) is 19.7. The number of aryl methyl sites for hydroxylation is 1. The number of fused-ring (bicyclic) bond motifs is 2. The fraction of sp³-hybridized carbons (Fsp3) is 0.350. The lowest BCUT2D eigenvalue weighted by atomic mass is 10.2. The van der Waals surface area contributed by atoms with E-state index in [1.807, 2.05) is 13.0 Å². The van der Waals surface area contributed by atoms with E-state index >= 15 is 0 Å². The summed E-state index contributed by atoms with van der Waals surface area (Å²) in [5, 5.41) is 12.4. The standard InChI is InChI=1S/C20H19N7O2/c1-12-7-21-27-18(12)20(28)26(11-22-27)10-16-23-19(24-29-16)17-14-8-25(9-15(14)17)13-5-3-2-4-6-13/h2-7,11,14-15,17H,8-10H2,1H3/t14-,15?,17?/m0/s1. The van der Waals surface area contributed by atoms with Crippen LogP contribution in [-0.4, -0.2) is 42.6 Å². The lowest BCUT2D eigenvalue weighted by molar-refractivity contribution is 0.363. The van der Waals surface area contributed by atoms with Gasteiger partial charge in [-0.15, -0.1) is 9.73 Å². The molecular formula is C20H19N7O2. The maximum atomic E-state index is 12.7. The van der Waals surface area contributed by atoms with Crippen molar-refractivity contribution in [3.8, 4) is 0 Å². The van der Waals surface area contributed by atoms with Crippen molar-refractivity contribution in [2.45, 2.75) is 19.4 Å². The Hall–Kier alpha value is -3.49. The minimum absolute atomic E-state index is 0.170. The molecular weight excluding hydrogens is 370 g/mol. The fourth-order valence-electron chi connectivity index (χ4n) is 4.54. The first-order valence-electron chi connectivity index (χ1n) is 9.71. The van der Waals surface area contributed by atoms with Gasteiger partial charge in [0.1, 0.15) is 12.9 Å². The third kappa shape index (κ3) is 2.57. The van der Waals surface area contributed by atoms with E-state index in [9.17, 15) is 4.79 Å². The molecule has 3 atom stereocenters. The minimum atomic E-state index is -0.170. The zero-order valence-corrected chi connectivity index (χ0v) is 15.8. The van der Waals surface area contributed by atoms with Crippen molar-refractivity contribution in [1.29, 1.82) is 0 Å². The fourth-order valence-corrected chi connectivity index (χ4v) is 4.54. The van der Waals surface area contributed by atoms with Crippen LogP contribution in [0.3, 0.4) is 0 Å². The molecule has 9 nitrogen and oxygen atoms in total. The maximum absolute atomic E-state index is 12.7. The third-order valence-corrected chi connectivity index (χ3v) is 6.10. The smallest absolute Gasteiger partial charge is 0.280 e. The molecule has 0 amide bonds. The Morgan fingerprint density at radius 3 is 2.72 bits per heavy atom. The second-order valence-corrected chi connectivity index (χ2v) is 7.87. The van der Waals surface area contributed by atoms with Crippen LogP contribution in [0.5, 0.6) is 0 Å². The second-order valence-electron chi connectivity index (χ2n) is 7.87. The molecule has 4 heterocycles. The maximum Gasteiger partial charge on any atom is 0.280 e. The molecule has 1 aromatic carbocycles. The van der Waals surface area contributed by atoms with Crippen LogP contribution in [-0.2, 0) is 6.54 Å². The topological polar surface area (TPSA) is 94.4 Å². The summed E-state index contributed by atoms with van der Waals surface area (Å²) in [6.07, 6.45) is 3.08. The van der Waals surface area contributed by atoms with Gasteiger partial charge in [0.2, 0.25) is 5.89 Å². The van der Waals surface area contributed by atoms with E-state index in [0.29, 0.717) is 29.2 Å². The van der Waals surface area contributed by atoms with Gasteiger partial charge in [-0.25, -0.2) is 0 Å². The predicted octanol–water partition coefficient (Wildman–Crippen LogP) is 1.48. The number of aromatic nitrogens is 6. The highest BCUT2D eigenvalue weighted by molar-refractivity contribution is 5.50. The Morgan fingerprint density at radius 2 is 1.93 bits per heavy atom. The van der Waals surface area contributed by atoms with Gasteiger partial charge in [0.25, 0.3) is 5.56 Å². The molecule has 2 unspecified atom stereocenters. The molecule has 0 N–H and O–H groups in total. The van der Waals surface area contributed by atoms with Crippen molar-refractivity contribution in [3.05, 3.63) is 70.5 Å². The lowest BCUT2D eigenvalue weighted by Crippen LogP contribution is -2.24. The van der Waals surface area contributed by atoms with Gasteiger partial charge in [-0.05, 0) is 30.9 Å². The average Bonchev–Trinajstić information content (AvgIpc) is 3.16. The van der Waals surface area contributed by atoms with Crippen molar-refractivity contribution >= 4 is 11.2 Å². The molecule has 0 radical (unpaired) electrons. The Kier molecular flexibility index (Phi) is 3.41. The van der Waals surface area contributed by atoms with Crippen molar-refractivity contribution in [2.24, 2.45) is 11.8 Å². The van der Waals surface area contributed by atoms with E-state index in [2.05, 4.69) is 49.5 Å². The summed E-state index contributed by atoms with van der Waals surface area (Å²) in [6.45, 7) is 4.08. The van der Waals surface area contributed by atoms with Crippen LogP contribution in [0.1, 0.15) is 23.2 Å². The van der Waals surface area contributed by atoms with Crippen LogP contribution in [0.25, 0.3) is 5.52 Å². The van der Waals surface area contributed by atoms with Crippen LogP contribution >= 0.6 is 0 Å². The number of piperidine rings is 1. The summed E-state index contributed by atoms with van der Waals surface area (Å²) in [5.41, 5.74) is 2.35. The summed E-state index contributed by atoms with van der Waals surface area (Å²) in [5.74, 6) is 2.66. The molecule has 29 heavy (non-hydrogen) atoms. The highest BCUT2D eigenvalue weighted by atomic mass is 16.5. The molecule has 2 fully saturated rings. The van der Waals surface area contributed by atoms with Gasteiger partial charge in [0.15, 0.2) is 11.3 Å². The highest BCUT2D eigenvalue weighted by Crippen LogP contribution is 2.57. The number of nitrogens with zero attached hydrogens (tertiary/aromatic N) is 7. The summed E-state index contributed by atoms with van der Waals surface area (Å²) in [6, 6.07) is 10.5. The van der Waals surface area contributed by atoms with E-state index in [4.69, 9.17) is 4.52 Å². The summed E-state index contributed by atoms with van der Waals surface area (Å²) < 4.78 is 8.26. The Balaban J connectivity index is 1.18. The molecule has 146 valence electrons. The normalized spacial score (nSPS) is 22.9. The largest absolute Gasteiger partial charge is 0.371 e. The van der Waals surface area contributed by atoms with Crippen molar-refractivity contribution in [3.63, 3.8) is 0 Å². The van der Waals surface area contributed by atoms with E-state index in [-0.39, 0.29) is 12.1 Å². The number of benzene rings is 1. The average molecular weight is 389 g/mol. The van der Waals surface area contributed by atoms with E-state index in [1.54, 1.807) is 6.20 Å². The molecule has 3 aromatic heterocycles. The molecule has 6 rings (SSSR count). The van der Waals surface area contributed by atoms with Gasteiger partial charge >= 0.3 is 0 Å². The monoisotopic (exact) mass is 389 g/mol. The van der Waals surface area contributed by atoms with E-state index in [1.165, 1.54) is 21.2 Å². The number of rotatable bonds is 4. The molecule has 1 saturated carbocycles. The Morgan fingerprint density at radius 1 is 1.14 bits per heavy atom. The summed E-state index contributed by atoms with van der Waals surface area (Å²) >= 11 is 0. The first kappa shape index (κ1) is 16.5. The number of anilines is 1. The summed E-state index contributed by atoms with van der Waals surface area (Å²) in [7, 11) is 0. The van der Waals surface area contributed by atoms with Gasteiger partial charge in [-0.1, -0.05) is 23.4 Å². The van der Waals surface area contributed by atoms with Gasteiger partial charge < -0.3 is 9.42 Å². The zero-order chi connectivity index (χ0) is 19.5. The minimum Gasteiger partial charge on any atom is -0.371 e. The number of hydrogen-bond acceptors (Lipinski definition) is 7. The van der Waals surface area contributed by atoms with Gasteiger partial charge in [-0.2, -0.15) is 10.1 Å². The van der Waals surface area contributed by atoms with Gasteiger partial charge in [0, 0.05) is 30.3 Å². The van der Waals surface area contributed by atoms with Crippen LogP contribution in [0.2, 0.25) is 0 Å². The van der Waals surface area contributed by atoms with Crippen LogP contribution in [0.15, 0.2) is 52.2 Å². The SMILES string of the molecule is Cc1cnn2ncn(Cc3nc(C4C5CN(c6ccccc6)C[C@@H]54)no3)c(=O)c12. The molecule has 0 bridgehead atoms. The van der Waals surface area contributed by atoms with Crippen molar-refractivity contribution < 1.29 is 4.52 Å². The van der Waals surface area contributed by atoms with Crippen molar-refractivity contribution in [2.75, 3.05) is 18.0 Å². The lowest BCUT2D eigenvalue weighted by Gasteiger charge is -2.21. The molecule has 1 saturated heterocycles. The van der Waals surface area contributed by atoms with Gasteiger partial charge in [-0.3, -0.25) is 9.36 Å². The molecule has 1 aliphatic heterocycles. The first-order valence-corrected chi connectivity index (χ1v) is 9.71. The Bertz CT molecular complexity index is 1250. The van der Waals surface area contributed by atoms with E-state index < -0.39 is 0 Å². The zero-order valence-electron chi connectivity index (χ0n) is 15.8. The van der Waals surface area contributed by atoms with Crippen LogP contribution in [0.4, 0.5) is 5.69 Å². The molecule has 2 aliphatic rings. The first-order chi connectivity index (χ1) is 14.2. The Labute approximate surface area is 165 Å². The molecule has 9 heteroatoms. The van der Waals surface area contributed by atoms with Gasteiger partial charge in [0.05, 0.1) is 6.20 Å². The van der Waals surface area contributed by atoms with Crippen LogP contribution < -0.4 is 10.5 Å². The van der Waals surface area contributed by atoms with Crippen molar-refractivity contribution in [1.82, 2.24) is 29.5 Å². The number of para-hydroxylation sites is 1.